The van der Waals surface area contributed by atoms with Gasteiger partial charge in [0.1, 0.15) is 5.69 Å². The topological polar surface area (TPSA) is 89.0 Å². The quantitative estimate of drug-likeness (QED) is 0.713. The molecule has 0 bridgehead atoms. The van der Waals surface area contributed by atoms with Crippen LogP contribution in [0.15, 0.2) is 36.8 Å². The molecule has 0 unspecified atom stereocenters. The van der Waals surface area contributed by atoms with E-state index in [2.05, 4.69) is 25.6 Å². The van der Waals surface area contributed by atoms with Gasteiger partial charge in [0.05, 0.1) is 0 Å². The number of aromatic nitrogens is 3. The number of anilines is 1. The summed E-state index contributed by atoms with van der Waals surface area (Å²) in [7, 11) is 1.66. The lowest BCUT2D eigenvalue weighted by atomic mass is 10.3. The molecule has 2 N–H and O–H groups in total. The fraction of sp³-hybridized carbons (Fsp3) is 0.333. The molecule has 0 aliphatic heterocycles. The van der Waals surface area contributed by atoms with Crippen LogP contribution in [0.1, 0.15) is 22.5 Å². The molecule has 0 aliphatic rings. The van der Waals surface area contributed by atoms with Crippen LogP contribution in [0.2, 0.25) is 0 Å². The van der Waals surface area contributed by atoms with Crippen molar-refractivity contribution in [1.29, 1.82) is 0 Å². The van der Waals surface area contributed by atoms with Crippen LogP contribution in [0.5, 0.6) is 0 Å². The molecule has 0 atom stereocenters. The minimum Gasteiger partial charge on any atom is -0.385 e. The maximum absolute atomic E-state index is 12.1. The fourth-order valence-electron chi connectivity index (χ4n) is 1.76. The van der Waals surface area contributed by atoms with Gasteiger partial charge in [-0.05, 0) is 24.1 Å². The molecule has 0 saturated carbocycles. The maximum atomic E-state index is 12.1. The second-order valence-corrected chi connectivity index (χ2v) is 4.58. The highest BCUT2D eigenvalue weighted by Crippen LogP contribution is 2.02. The Morgan fingerprint density at radius 1 is 1.32 bits per heavy atom. The minimum absolute atomic E-state index is 0.244. The van der Waals surface area contributed by atoms with Crippen LogP contribution in [0.4, 0.5) is 5.95 Å². The number of amides is 1. The van der Waals surface area contributed by atoms with E-state index in [0.29, 0.717) is 31.3 Å². The first-order chi connectivity index (χ1) is 10.8. The fourth-order valence-corrected chi connectivity index (χ4v) is 1.76. The molecule has 0 fully saturated rings. The third kappa shape index (κ3) is 5.10. The third-order valence-corrected chi connectivity index (χ3v) is 2.87. The Morgan fingerprint density at radius 3 is 3.00 bits per heavy atom. The van der Waals surface area contributed by atoms with Gasteiger partial charge in [-0.1, -0.05) is 6.07 Å². The van der Waals surface area contributed by atoms with Crippen molar-refractivity contribution in [3.63, 3.8) is 0 Å². The second-order valence-electron chi connectivity index (χ2n) is 4.58. The van der Waals surface area contributed by atoms with Crippen molar-refractivity contribution in [2.75, 3.05) is 25.6 Å². The lowest BCUT2D eigenvalue weighted by molar-refractivity contribution is 0.0946. The second kappa shape index (κ2) is 8.68. The molecule has 2 rings (SSSR count). The van der Waals surface area contributed by atoms with Crippen LogP contribution >= 0.6 is 0 Å². The summed E-state index contributed by atoms with van der Waals surface area (Å²) in [4.78, 5) is 24.4. The van der Waals surface area contributed by atoms with Crippen molar-refractivity contribution in [3.8, 4) is 0 Å². The average Bonchev–Trinajstić information content (AvgIpc) is 2.58. The van der Waals surface area contributed by atoms with Gasteiger partial charge in [0.2, 0.25) is 5.95 Å². The Labute approximate surface area is 129 Å². The van der Waals surface area contributed by atoms with Crippen molar-refractivity contribution in [2.45, 2.75) is 13.0 Å². The van der Waals surface area contributed by atoms with E-state index < -0.39 is 0 Å². The van der Waals surface area contributed by atoms with Crippen molar-refractivity contribution < 1.29 is 9.53 Å². The predicted molar refractivity (Wildman–Crippen MR) is 82.4 cm³/mol. The van der Waals surface area contributed by atoms with Gasteiger partial charge < -0.3 is 15.4 Å². The van der Waals surface area contributed by atoms with Crippen molar-refractivity contribution in [2.24, 2.45) is 0 Å². The summed E-state index contributed by atoms with van der Waals surface area (Å²) in [5, 5.41) is 5.86. The van der Waals surface area contributed by atoms with Gasteiger partial charge in [-0.15, -0.1) is 0 Å². The number of ether oxygens (including phenoxy) is 1. The number of hydrogen-bond donors (Lipinski definition) is 2. The van der Waals surface area contributed by atoms with Gasteiger partial charge in [-0.2, -0.15) is 0 Å². The number of rotatable bonds is 8. The number of hydrogen-bond acceptors (Lipinski definition) is 6. The summed E-state index contributed by atoms with van der Waals surface area (Å²) in [6.45, 7) is 1.76. The molecule has 0 saturated heterocycles. The summed E-state index contributed by atoms with van der Waals surface area (Å²) in [6.07, 6.45) is 5.81. The Bertz CT molecular complexity index is 591. The standard InChI is InChI=1S/C15H19N5O2/c1-22-9-3-7-17-15-18-8-5-13(20-15)14(21)19-11-12-4-2-6-16-10-12/h2,4-6,8,10H,3,7,9,11H2,1H3,(H,19,21)(H,17,18,20). The van der Waals surface area contributed by atoms with Crippen molar-refractivity contribution in [3.05, 3.63) is 48.0 Å². The van der Waals surface area contributed by atoms with Crippen LogP contribution in [0, 0.1) is 0 Å². The van der Waals surface area contributed by atoms with Gasteiger partial charge in [0.25, 0.3) is 5.91 Å². The Balaban J connectivity index is 1.86. The number of carbonyl (C=O) groups excluding carboxylic acids is 1. The van der Waals surface area contributed by atoms with Crippen LogP contribution in [0.3, 0.4) is 0 Å². The van der Waals surface area contributed by atoms with E-state index >= 15 is 0 Å². The molecule has 0 spiro atoms. The van der Waals surface area contributed by atoms with Crippen LogP contribution in [-0.4, -0.2) is 41.1 Å². The van der Waals surface area contributed by atoms with E-state index in [1.165, 1.54) is 0 Å². The lowest BCUT2D eigenvalue weighted by Gasteiger charge is -2.07. The van der Waals surface area contributed by atoms with Gasteiger partial charge >= 0.3 is 0 Å². The zero-order chi connectivity index (χ0) is 15.6. The molecule has 0 aromatic carbocycles. The summed E-state index contributed by atoms with van der Waals surface area (Å²) >= 11 is 0. The Kier molecular flexibility index (Phi) is 6.25. The van der Waals surface area contributed by atoms with Crippen molar-refractivity contribution in [1.82, 2.24) is 20.3 Å². The van der Waals surface area contributed by atoms with Crippen molar-refractivity contribution >= 4 is 11.9 Å². The van der Waals surface area contributed by atoms with Crippen LogP contribution < -0.4 is 10.6 Å². The monoisotopic (exact) mass is 301 g/mol. The molecule has 7 heteroatoms. The zero-order valence-corrected chi connectivity index (χ0v) is 12.5. The number of nitrogens with one attached hydrogen (secondary N) is 2. The Hall–Kier alpha value is -2.54. The van der Waals surface area contributed by atoms with Gasteiger partial charge in [-0.3, -0.25) is 9.78 Å². The summed E-state index contributed by atoms with van der Waals surface area (Å²) in [5.74, 6) is 0.191. The number of carbonyl (C=O) groups is 1. The smallest absolute Gasteiger partial charge is 0.270 e. The molecule has 2 heterocycles. The van der Waals surface area contributed by atoms with E-state index in [4.69, 9.17) is 4.74 Å². The van der Waals surface area contributed by atoms with E-state index in [0.717, 1.165) is 12.0 Å². The largest absolute Gasteiger partial charge is 0.385 e. The summed E-state index contributed by atoms with van der Waals surface area (Å²) in [6, 6.07) is 5.31. The van der Waals surface area contributed by atoms with E-state index in [1.807, 2.05) is 12.1 Å². The first-order valence-electron chi connectivity index (χ1n) is 7.02. The molecular formula is C15H19N5O2. The highest BCUT2D eigenvalue weighted by molar-refractivity contribution is 5.92. The lowest BCUT2D eigenvalue weighted by Crippen LogP contribution is -2.24. The van der Waals surface area contributed by atoms with Gasteiger partial charge in [0.15, 0.2) is 0 Å². The van der Waals surface area contributed by atoms with Gasteiger partial charge in [0, 0.05) is 45.4 Å². The maximum Gasteiger partial charge on any atom is 0.270 e. The highest BCUT2D eigenvalue weighted by atomic mass is 16.5. The minimum atomic E-state index is -0.244. The molecule has 0 radical (unpaired) electrons. The summed E-state index contributed by atoms with van der Waals surface area (Å²) < 4.78 is 4.97. The molecule has 116 valence electrons. The zero-order valence-electron chi connectivity index (χ0n) is 12.5. The normalized spacial score (nSPS) is 10.2. The first-order valence-corrected chi connectivity index (χ1v) is 7.02. The molecule has 7 nitrogen and oxygen atoms in total. The SMILES string of the molecule is COCCCNc1nccc(C(=O)NCc2cccnc2)n1. The molecule has 0 aliphatic carbocycles. The number of nitrogens with zero attached hydrogens (tertiary/aromatic N) is 3. The molecule has 2 aromatic rings. The predicted octanol–water partition coefficient (Wildman–Crippen LogP) is 1.25. The average molecular weight is 301 g/mol. The van der Waals surface area contributed by atoms with Gasteiger partial charge in [-0.25, -0.2) is 9.97 Å². The Morgan fingerprint density at radius 2 is 2.23 bits per heavy atom. The van der Waals surface area contributed by atoms with Crippen LogP contribution in [0.25, 0.3) is 0 Å². The molecular weight excluding hydrogens is 282 g/mol. The molecule has 22 heavy (non-hydrogen) atoms. The van der Waals surface area contributed by atoms with E-state index in [1.54, 1.807) is 31.8 Å². The van der Waals surface area contributed by atoms with E-state index in [-0.39, 0.29) is 5.91 Å². The third-order valence-electron chi connectivity index (χ3n) is 2.87. The highest BCUT2D eigenvalue weighted by Gasteiger charge is 2.08. The number of methoxy groups -OCH3 is 1. The summed E-state index contributed by atoms with van der Waals surface area (Å²) in [5.41, 5.74) is 1.26. The molecule has 2 aromatic heterocycles. The first kappa shape index (κ1) is 15.8. The molecule has 1 amide bonds. The number of pyridine rings is 1. The van der Waals surface area contributed by atoms with Crippen LogP contribution in [-0.2, 0) is 11.3 Å². The van der Waals surface area contributed by atoms with E-state index in [9.17, 15) is 4.79 Å².